The van der Waals surface area contributed by atoms with Crippen LogP contribution in [0.4, 0.5) is 0 Å². The minimum atomic E-state index is -0.811. The number of primary amides is 1. The molecule has 134 valence electrons. The standard InChI is InChI=1S/C19H17ClN2O3S/c1-25-17-8-12(6-14(9-21)19(22)24)7-15(18(17)23)11-26-10-13-4-2-3-5-16(13)20/h2-8,23H,10-11H2,1H3,(H2,22,24)/b14-6+. The Morgan fingerprint density at radius 1 is 1.35 bits per heavy atom. The minimum Gasteiger partial charge on any atom is -0.504 e. The van der Waals surface area contributed by atoms with Crippen molar-refractivity contribution in [3.05, 3.63) is 63.7 Å². The molecule has 5 nitrogen and oxygen atoms in total. The quantitative estimate of drug-likeness (QED) is 0.554. The summed E-state index contributed by atoms with van der Waals surface area (Å²) in [6.07, 6.45) is 1.37. The molecule has 0 aromatic heterocycles. The number of nitrogens with two attached hydrogens (primary N) is 1. The van der Waals surface area contributed by atoms with Gasteiger partial charge in [-0.1, -0.05) is 29.8 Å². The van der Waals surface area contributed by atoms with E-state index in [1.54, 1.807) is 23.9 Å². The number of phenolic OH excluding ortho intramolecular Hbond substituents is 1. The topological polar surface area (TPSA) is 96.3 Å². The third kappa shape index (κ3) is 4.94. The molecule has 1 amide bonds. The average molecular weight is 389 g/mol. The average Bonchev–Trinajstić information content (AvgIpc) is 2.63. The van der Waals surface area contributed by atoms with Gasteiger partial charge >= 0.3 is 0 Å². The van der Waals surface area contributed by atoms with Gasteiger partial charge in [-0.2, -0.15) is 17.0 Å². The summed E-state index contributed by atoms with van der Waals surface area (Å²) in [7, 11) is 1.43. The second-order valence-corrected chi connectivity index (χ2v) is 6.74. The number of amides is 1. The molecule has 0 aliphatic rings. The third-order valence-electron chi connectivity index (χ3n) is 3.57. The van der Waals surface area contributed by atoms with Gasteiger partial charge in [-0.15, -0.1) is 0 Å². The molecule has 0 aliphatic carbocycles. The van der Waals surface area contributed by atoms with E-state index in [1.807, 2.05) is 24.3 Å². The second-order valence-electron chi connectivity index (χ2n) is 5.35. The van der Waals surface area contributed by atoms with E-state index >= 15 is 0 Å². The predicted octanol–water partition coefficient (Wildman–Crippen LogP) is 3.88. The lowest BCUT2D eigenvalue weighted by molar-refractivity contribution is -0.114. The fourth-order valence-electron chi connectivity index (χ4n) is 2.25. The van der Waals surface area contributed by atoms with Crippen molar-refractivity contribution in [3.63, 3.8) is 0 Å². The van der Waals surface area contributed by atoms with Crippen molar-refractivity contribution in [2.45, 2.75) is 11.5 Å². The number of hydrogen-bond acceptors (Lipinski definition) is 5. The van der Waals surface area contributed by atoms with Crippen LogP contribution in [0, 0.1) is 11.3 Å². The van der Waals surface area contributed by atoms with Gasteiger partial charge in [-0.25, -0.2) is 0 Å². The molecular weight excluding hydrogens is 372 g/mol. The van der Waals surface area contributed by atoms with E-state index in [2.05, 4.69) is 0 Å². The van der Waals surface area contributed by atoms with Gasteiger partial charge in [0, 0.05) is 22.1 Å². The molecule has 2 aromatic carbocycles. The van der Waals surface area contributed by atoms with E-state index in [1.165, 1.54) is 19.3 Å². The summed E-state index contributed by atoms with van der Waals surface area (Å²) in [5, 5.41) is 20.0. The molecule has 0 saturated carbocycles. The van der Waals surface area contributed by atoms with Crippen LogP contribution in [-0.2, 0) is 16.3 Å². The highest BCUT2D eigenvalue weighted by Crippen LogP contribution is 2.35. The van der Waals surface area contributed by atoms with Crippen LogP contribution in [-0.4, -0.2) is 18.1 Å². The lowest BCUT2D eigenvalue weighted by atomic mass is 10.1. The predicted molar refractivity (Wildman–Crippen MR) is 104 cm³/mol. The first-order chi connectivity index (χ1) is 12.5. The Kier molecular flexibility index (Phi) is 6.96. The molecule has 0 bridgehead atoms. The number of carbonyl (C=O) groups is 1. The molecule has 2 aromatic rings. The van der Waals surface area contributed by atoms with E-state index in [-0.39, 0.29) is 17.1 Å². The highest BCUT2D eigenvalue weighted by atomic mass is 35.5. The van der Waals surface area contributed by atoms with Gasteiger partial charge in [0.2, 0.25) is 0 Å². The maximum Gasteiger partial charge on any atom is 0.259 e. The maximum atomic E-state index is 11.2. The Labute approximate surface area is 161 Å². The van der Waals surface area contributed by atoms with Crippen molar-refractivity contribution in [1.29, 1.82) is 5.26 Å². The third-order valence-corrected chi connectivity index (χ3v) is 4.96. The zero-order chi connectivity index (χ0) is 19.1. The van der Waals surface area contributed by atoms with Gasteiger partial charge in [0.05, 0.1) is 7.11 Å². The number of halogens is 1. The van der Waals surface area contributed by atoms with E-state index in [0.29, 0.717) is 27.7 Å². The summed E-state index contributed by atoms with van der Waals surface area (Å²) < 4.78 is 5.18. The van der Waals surface area contributed by atoms with Crippen LogP contribution in [0.1, 0.15) is 16.7 Å². The highest BCUT2D eigenvalue weighted by Gasteiger charge is 2.12. The van der Waals surface area contributed by atoms with Gasteiger partial charge in [-0.3, -0.25) is 4.79 Å². The lowest BCUT2D eigenvalue weighted by Crippen LogP contribution is -2.12. The van der Waals surface area contributed by atoms with Gasteiger partial charge in [0.1, 0.15) is 11.6 Å². The number of nitriles is 1. The maximum absolute atomic E-state index is 11.2. The van der Waals surface area contributed by atoms with Gasteiger partial charge in [-0.05, 0) is 35.4 Å². The monoisotopic (exact) mass is 388 g/mol. The van der Waals surface area contributed by atoms with Gasteiger partial charge < -0.3 is 15.6 Å². The fourth-order valence-corrected chi connectivity index (χ4v) is 3.55. The summed E-state index contributed by atoms with van der Waals surface area (Å²) >= 11 is 7.72. The van der Waals surface area contributed by atoms with Gasteiger partial charge in [0.25, 0.3) is 5.91 Å². The van der Waals surface area contributed by atoms with Crippen molar-refractivity contribution in [2.75, 3.05) is 7.11 Å². The van der Waals surface area contributed by atoms with Crippen LogP contribution >= 0.6 is 23.4 Å². The van der Waals surface area contributed by atoms with Gasteiger partial charge in [0.15, 0.2) is 11.5 Å². The Morgan fingerprint density at radius 2 is 2.04 bits per heavy atom. The number of thioether (sulfide) groups is 1. The van der Waals surface area contributed by atoms with E-state index in [0.717, 1.165) is 5.56 Å². The molecule has 0 atom stereocenters. The molecular formula is C19H17ClN2O3S. The van der Waals surface area contributed by atoms with Crippen LogP contribution in [0.2, 0.25) is 5.02 Å². The number of phenols is 1. The molecule has 0 spiro atoms. The first kappa shape index (κ1) is 19.7. The van der Waals surface area contributed by atoms with Crippen LogP contribution < -0.4 is 10.5 Å². The summed E-state index contributed by atoms with van der Waals surface area (Å²) in [4.78, 5) is 11.2. The summed E-state index contributed by atoms with van der Waals surface area (Å²) in [5.41, 5.74) is 7.16. The molecule has 0 fully saturated rings. The van der Waals surface area contributed by atoms with E-state index < -0.39 is 5.91 Å². The van der Waals surface area contributed by atoms with Crippen LogP contribution in [0.3, 0.4) is 0 Å². The second kappa shape index (κ2) is 9.18. The molecule has 0 unspecified atom stereocenters. The molecule has 26 heavy (non-hydrogen) atoms. The number of benzene rings is 2. The molecule has 2 rings (SSSR count). The Balaban J connectivity index is 2.24. The molecule has 0 aliphatic heterocycles. The number of methoxy groups -OCH3 is 1. The number of hydrogen-bond donors (Lipinski definition) is 2. The first-order valence-corrected chi connectivity index (χ1v) is 9.12. The molecule has 7 heteroatoms. The van der Waals surface area contributed by atoms with Crippen molar-refractivity contribution in [2.24, 2.45) is 5.73 Å². The fraction of sp³-hybridized carbons (Fsp3) is 0.158. The Hall–Kier alpha value is -2.62. The first-order valence-electron chi connectivity index (χ1n) is 7.59. The number of ether oxygens (including phenoxy) is 1. The Bertz CT molecular complexity index is 891. The van der Waals surface area contributed by atoms with Crippen molar-refractivity contribution < 1.29 is 14.6 Å². The van der Waals surface area contributed by atoms with Crippen LogP contribution in [0.15, 0.2) is 42.0 Å². The largest absolute Gasteiger partial charge is 0.504 e. The minimum absolute atomic E-state index is 0.0221. The number of aromatic hydroxyl groups is 1. The summed E-state index contributed by atoms with van der Waals surface area (Å²) in [5.74, 6) is 0.636. The molecule has 0 saturated heterocycles. The normalized spacial score (nSPS) is 11.0. The zero-order valence-corrected chi connectivity index (χ0v) is 15.6. The van der Waals surface area contributed by atoms with Crippen molar-refractivity contribution in [3.8, 4) is 17.6 Å². The smallest absolute Gasteiger partial charge is 0.259 e. The number of carbonyl (C=O) groups excluding carboxylic acids is 1. The van der Waals surface area contributed by atoms with Crippen LogP contribution in [0.25, 0.3) is 6.08 Å². The molecule has 0 radical (unpaired) electrons. The lowest BCUT2D eigenvalue weighted by Gasteiger charge is -2.11. The van der Waals surface area contributed by atoms with E-state index in [9.17, 15) is 9.90 Å². The highest BCUT2D eigenvalue weighted by molar-refractivity contribution is 7.97. The zero-order valence-electron chi connectivity index (χ0n) is 14.0. The Morgan fingerprint density at radius 3 is 2.65 bits per heavy atom. The number of rotatable bonds is 7. The van der Waals surface area contributed by atoms with Crippen molar-refractivity contribution >= 4 is 35.3 Å². The summed E-state index contributed by atoms with van der Waals surface area (Å²) in [6.45, 7) is 0. The van der Waals surface area contributed by atoms with E-state index in [4.69, 9.17) is 27.3 Å². The van der Waals surface area contributed by atoms with Crippen LogP contribution in [0.5, 0.6) is 11.5 Å². The molecule has 0 heterocycles. The van der Waals surface area contributed by atoms with Crippen molar-refractivity contribution in [1.82, 2.24) is 0 Å². The molecule has 3 N–H and O–H groups in total. The number of nitrogens with zero attached hydrogens (tertiary/aromatic N) is 1. The SMILES string of the molecule is COc1cc(/C=C(\C#N)C(N)=O)cc(CSCc2ccccc2Cl)c1O. The summed E-state index contributed by atoms with van der Waals surface area (Å²) in [6, 6.07) is 12.6.